The van der Waals surface area contributed by atoms with Gasteiger partial charge in [-0.05, 0) is 20.8 Å². The smallest absolute Gasteiger partial charge is 0.122 e. The van der Waals surface area contributed by atoms with Crippen LogP contribution in [0.5, 0.6) is 0 Å². The summed E-state index contributed by atoms with van der Waals surface area (Å²) in [4.78, 5) is 10.1. The minimum absolute atomic E-state index is 0.00639. The fourth-order valence-corrected chi connectivity index (χ4v) is 0.538. The Morgan fingerprint density at radius 1 is 1.55 bits per heavy atom. The molecule has 0 bridgehead atoms. The first-order chi connectivity index (χ1) is 4.87. The highest BCUT2D eigenvalue weighted by atomic mass is 16.3. The van der Waals surface area contributed by atoms with Crippen LogP contribution < -0.4 is 0 Å². The molecule has 0 aromatic carbocycles. The third kappa shape index (κ3) is 2.02. The van der Waals surface area contributed by atoms with E-state index in [1.165, 1.54) is 6.92 Å². The third-order valence-electron chi connectivity index (χ3n) is 2.11. The van der Waals surface area contributed by atoms with Crippen molar-refractivity contribution in [1.29, 1.82) is 5.26 Å². The van der Waals surface area contributed by atoms with Crippen molar-refractivity contribution in [3.05, 3.63) is 0 Å². The summed E-state index contributed by atoms with van der Waals surface area (Å²) in [6, 6.07) is 1.96. The van der Waals surface area contributed by atoms with Crippen LogP contribution in [0.15, 0.2) is 0 Å². The van der Waals surface area contributed by atoms with Crippen LogP contribution in [0.25, 0.3) is 0 Å². The summed E-state index contributed by atoms with van der Waals surface area (Å²) in [5, 5.41) is 18.2. The molecular weight excluding hydrogens is 142 g/mol. The van der Waals surface area contributed by atoms with Crippen molar-refractivity contribution < 1.29 is 9.90 Å². The maximum Gasteiger partial charge on any atom is 0.122 e. The highest BCUT2D eigenvalue weighted by Crippen LogP contribution is 2.31. The van der Waals surface area contributed by atoms with Gasteiger partial charge >= 0.3 is 0 Å². The lowest BCUT2D eigenvalue weighted by molar-refractivity contribution is -0.115. The Kier molecular flexibility index (Phi) is 2.77. The monoisotopic (exact) mass is 155 g/mol. The summed E-state index contributed by atoms with van der Waals surface area (Å²) in [6.45, 7) is 4.71. The SMILES string of the molecule is CC(C)(C#N)C(C)(O)CC=O. The molecule has 11 heavy (non-hydrogen) atoms. The Labute approximate surface area is 66.6 Å². The van der Waals surface area contributed by atoms with Gasteiger partial charge in [-0.2, -0.15) is 5.26 Å². The van der Waals surface area contributed by atoms with E-state index in [9.17, 15) is 9.90 Å². The molecule has 0 aromatic heterocycles. The molecule has 3 nitrogen and oxygen atoms in total. The lowest BCUT2D eigenvalue weighted by Gasteiger charge is -2.32. The van der Waals surface area contributed by atoms with E-state index in [2.05, 4.69) is 0 Å². The fraction of sp³-hybridized carbons (Fsp3) is 0.750. The first kappa shape index (κ1) is 10.1. The van der Waals surface area contributed by atoms with Gasteiger partial charge in [0.2, 0.25) is 0 Å². The van der Waals surface area contributed by atoms with Gasteiger partial charge in [0, 0.05) is 6.42 Å². The van der Waals surface area contributed by atoms with E-state index in [1.807, 2.05) is 6.07 Å². The summed E-state index contributed by atoms with van der Waals surface area (Å²) < 4.78 is 0. The molecule has 0 spiro atoms. The minimum atomic E-state index is -1.23. The molecule has 0 aliphatic carbocycles. The maximum atomic E-state index is 10.1. The average molecular weight is 155 g/mol. The molecule has 0 fully saturated rings. The molecule has 3 heteroatoms. The molecule has 1 N–H and O–H groups in total. The number of carbonyl (C=O) groups excluding carboxylic acids is 1. The van der Waals surface area contributed by atoms with E-state index in [1.54, 1.807) is 13.8 Å². The number of rotatable bonds is 3. The van der Waals surface area contributed by atoms with Crippen molar-refractivity contribution in [2.45, 2.75) is 32.8 Å². The van der Waals surface area contributed by atoms with Crippen molar-refractivity contribution in [2.24, 2.45) is 5.41 Å². The van der Waals surface area contributed by atoms with Crippen LogP contribution >= 0.6 is 0 Å². The van der Waals surface area contributed by atoms with Gasteiger partial charge in [0.05, 0.1) is 17.1 Å². The summed E-state index contributed by atoms with van der Waals surface area (Å²) in [7, 11) is 0. The van der Waals surface area contributed by atoms with Gasteiger partial charge in [-0.15, -0.1) is 0 Å². The van der Waals surface area contributed by atoms with E-state index in [-0.39, 0.29) is 6.42 Å². The molecular formula is C8H13NO2. The Hall–Kier alpha value is -0.880. The van der Waals surface area contributed by atoms with Gasteiger partial charge in [-0.25, -0.2) is 0 Å². The zero-order valence-corrected chi connectivity index (χ0v) is 7.09. The molecule has 0 aromatic rings. The summed E-state index contributed by atoms with van der Waals surface area (Å²) in [5.41, 5.74) is -2.11. The molecule has 0 saturated carbocycles. The molecule has 0 saturated heterocycles. The Bertz CT molecular complexity index is 189. The van der Waals surface area contributed by atoms with Crippen LogP contribution in [0.4, 0.5) is 0 Å². The second-order valence-electron chi connectivity index (χ2n) is 3.38. The fourth-order valence-electron chi connectivity index (χ4n) is 0.538. The molecule has 62 valence electrons. The van der Waals surface area contributed by atoms with Crippen LogP contribution in [-0.2, 0) is 4.79 Å². The van der Waals surface area contributed by atoms with Crippen LogP contribution in [0.1, 0.15) is 27.2 Å². The molecule has 1 unspecified atom stereocenters. The van der Waals surface area contributed by atoms with Gasteiger partial charge in [0.1, 0.15) is 6.29 Å². The van der Waals surface area contributed by atoms with Gasteiger partial charge in [-0.1, -0.05) is 0 Å². The van der Waals surface area contributed by atoms with Crippen molar-refractivity contribution >= 4 is 6.29 Å². The normalized spacial score (nSPS) is 16.6. The quantitative estimate of drug-likeness (QED) is 0.615. The molecule has 1 atom stereocenters. The second-order valence-corrected chi connectivity index (χ2v) is 3.38. The minimum Gasteiger partial charge on any atom is -0.388 e. The summed E-state index contributed by atoms with van der Waals surface area (Å²) in [5.74, 6) is 0. The zero-order valence-electron chi connectivity index (χ0n) is 7.09. The Balaban J connectivity index is 4.55. The highest BCUT2D eigenvalue weighted by molar-refractivity contribution is 5.51. The standard InChI is InChI=1S/C8H13NO2/c1-7(2,6-9)8(3,11)4-5-10/h5,11H,4H2,1-3H3. The van der Waals surface area contributed by atoms with E-state index >= 15 is 0 Å². The third-order valence-corrected chi connectivity index (χ3v) is 2.11. The van der Waals surface area contributed by atoms with Crippen LogP contribution in [0.3, 0.4) is 0 Å². The van der Waals surface area contributed by atoms with E-state index < -0.39 is 11.0 Å². The zero-order chi connectivity index (χ0) is 9.12. The molecule has 0 aliphatic heterocycles. The maximum absolute atomic E-state index is 10.1. The largest absolute Gasteiger partial charge is 0.388 e. The van der Waals surface area contributed by atoms with Gasteiger partial charge < -0.3 is 9.90 Å². The van der Waals surface area contributed by atoms with E-state index in [0.717, 1.165) is 0 Å². The molecule has 0 amide bonds. The number of nitrogens with zero attached hydrogens (tertiary/aromatic N) is 1. The number of aldehydes is 1. The van der Waals surface area contributed by atoms with E-state index in [0.29, 0.717) is 6.29 Å². The van der Waals surface area contributed by atoms with Gasteiger partial charge in [-0.3, -0.25) is 0 Å². The number of hydrogen-bond donors (Lipinski definition) is 1. The Morgan fingerprint density at radius 2 is 2.00 bits per heavy atom. The average Bonchev–Trinajstić information content (AvgIpc) is 1.87. The molecule has 0 heterocycles. The van der Waals surface area contributed by atoms with Crippen molar-refractivity contribution in [2.75, 3.05) is 0 Å². The van der Waals surface area contributed by atoms with Crippen molar-refractivity contribution in [3.8, 4) is 6.07 Å². The topological polar surface area (TPSA) is 61.1 Å². The van der Waals surface area contributed by atoms with Crippen molar-refractivity contribution in [1.82, 2.24) is 0 Å². The van der Waals surface area contributed by atoms with Crippen LogP contribution in [0, 0.1) is 16.7 Å². The summed E-state index contributed by atoms with van der Waals surface area (Å²) >= 11 is 0. The van der Waals surface area contributed by atoms with Crippen LogP contribution in [0.2, 0.25) is 0 Å². The summed E-state index contributed by atoms with van der Waals surface area (Å²) in [6.07, 6.45) is 0.618. The lowest BCUT2D eigenvalue weighted by Crippen LogP contribution is -2.41. The predicted octanol–water partition coefficient (Wildman–Crippen LogP) is 0.876. The predicted molar refractivity (Wildman–Crippen MR) is 40.7 cm³/mol. The van der Waals surface area contributed by atoms with Gasteiger partial charge in [0.15, 0.2) is 0 Å². The van der Waals surface area contributed by atoms with Crippen LogP contribution in [-0.4, -0.2) is 17.0 Å². The first-order valence-electron chi connectivity index (χ1n) is 3.44. The number of carbonyl (C=O) groups is 1. The highest BCUT2D eigenvalue weighted by Gasteiger charge is 2.39. The molecule has 0 rings (SSSR count). The second kappa shape index (κ2) is 3.02. The number of hydrogen-bond acceptors (Lipinski definition) is 3. The Morgan fingerprint density at radius 3 is 2.27 bits per heavy atom. The van der Waals surface area contributed by atoms with Crippen molar-refractivity contribution in [3.63, 3.8) is 0 Å². The number of nitriles is 1. The first-order valence-corrected chi connectivity index (χ1v) is 3.44. The molecule has 0 aliphatic rings. The van der Waals surface area contributed by atoms with Gasteiger partial charge in [0.25, 0.3) is 0 Å². The number of aliphatic hydroxyl groups is 1. The van der Waals surface area contributed by atoms with E-state index in [4.69, 9.17) is 5.26 Å². The lowest BCUT2D eigenvalue weighted by atomic mass is 9.76. The molecule has 0 radical (unpaired) electrons.